The maximum atomic E-state index is 13.1. The highest BCUT2D eigenvalue weighted by atomic mass is 19.4. The molecule has 4 rings (SSSR count). The van der Waals surface area contributed by atoms with E-state index in [9.17, 15) is 46.1 Å². The molecule has 11 heteroatoms. The van der Waals surface area contributed by atoms with E-state index in [-0.39, 0.29) is 23.1 Å². The number of aromatic hydroxyl groups is 1. The van der Waals surface area contributed by atoms with E-state index in [1.165, 1.54) is 30.3 Å². The van der Waals surface area contributed by atoms with Gasteiger partial charge in [-0.05, 0) is 64.2 Å². The summed E-state index contributed by atoms with van der Waals surface area (Å²) in [5.41, 5.74) is -0.0761. The fraction of sp³-hybridized carbons (Fsp3) is 0.133. The monoisotopic (exact) mass is 573 g/mol. The second kappa shape index (κ2) is 11.4. The van der Waals surface area contributed by atoms with Crippen molar-refractivity contribution >= 4 is 11.9 Å². The first-order valence-electron chi connectivity index (χ1n) is 12.0. The molecule has 1 unspecified atom stereocenters. The molecular weight excluding hydrogens is 552 g/mol. The number of amides is 1. The van der Waals surface area contributed by atoms with Gasteiger partial charge in [0.25, 0.3) is 5.91 Å². The minimum absolute atomic E-state index is 0.136. The Kier molecular flexibility index (Phi) is 8.09. The second-order valence-electron chi connectivity index (χ2n) is 9.15. The number of nitrogens with one attached hydrogen (secondary N) is 1. The van der Waals surface area contributed by atoms with Crippen molar-refractivity contribution in [3.63, 3.8) is 0 Å². The zero-order chi connectivity index (χ0) is 29.9. The van der Waals surface area contributed by atoms with E-state index in [4.69, 9.17) is 0 Å². The molecule has 5 nitrogen and oxygen atoms in total. The lowest BCUT2D eigenvalue weighted by atomic mass is 9.98. The standard InChI is InChI=1S/C30H21F6NO4/c31-29(32,33)22-11-8-19(9-12-22)18-6-4-17(5-7-18)14-25(28(40)41)37-27(39)24-16-21(10-13-26(24)38)20-2-1-3-23(15-20)30(34,35)36/h1-13,15-16,25,38H,14H2,(H,37,39)(H,40,41). The van der Waals surface area contributed by atoms with E-state index in [1.807, 2.05) is 0 Å². The summed E-state index contributed by atoms with van der Waals surface area (Å²) in [5.74, 6) is -2.83. The molecule has 3 N–H and O–H groups in total. The molecule has 0 aromatic heterocycles. The molecule has 0 saturated carbocycles. The fourth-order valence-corrected chi connectivity index (χ4v) is 4.13. The number of halogens is 6. The molecule has 1 atom stereocenters. The van der Waals surface area contributed by atoms with Crippen molar-refractivity contribution in [2.24, 2.45) is 0 Å². The number of carbonyl (C=O) groups excluding carboxylic acids is 1. The van der Waals surface area contributed by atoms with Gasteiger partial charge in [-0.15, -0.1) is 0 Å². The van der Waals surface area contributed by atoms with E-state index in [2.05, 4.69) is 5.32 Å². The number of hydrogen-bond donors (Lipinski definition) is 3. The van der Waals surface area contributed by atoms with Crippen molar-refractivity contribution in [2.45, 2.75) is 24.8 Å². The Morgan fingerprint density at radius 1 is 0.683 bits per heavy atom. The van der Waals surface area contributed by atoms with Gasteiger partial charge in [-0.25, -0.2) is 4.79 Å². The molecule has 0 aliphatic carbocycles. The van der Waals surface area contributed by atoms with Gasteiger partial charge in [0, 0.05) is 6.42 Å². The minimum Gasteiger partial charge on any atom is -0.507 e. The molecule has 1 amide bonds. The lowest BCUT2D eigenvalue weighted by molar-refractivity contribution is -0.139. The molecular formula is C30H21F6NO4. The van der Waals surface area contributed by atoms with Crippen LogP contribution in [0.15, 0.2) is 91.0 Å². The molecule has 0 heterocycles. The lowest BCUT2D eigenvalue weighted by Gasteiger charge is -2.16. The van der Waals surface area contributed by atoms with Gasteiger partial charge < -0.3 is 15.5 Å². The number of rotatable bonds is 7. The van der Waals surface area contributed by atoms with Gasteiger partial charge in [-0.2, -0.15) is 26.3 Å². The van der Waals surface area contributed by atoms with Crippen LogP contribution in [0.5, 0.6) is 5.75 Å². The molecule has 41 heavy (non-hydrogen) atoms. The highest BCUT2D eigenvalue weighted by Gasteiger charge is 2.31. The Morgan fingerprint density at radius 3 is 1.78 bits per heavy atom. The van der Waals surface area contributed by atoms with Gasteiger partial charge in [0.05, 0.1) is 16.7 Å². The zero-order valence-electron chi connectivity index (χ0n) is 20.9. The summed E-state index contributed by atoms with van der Waals surface area (Å²) >= 11 is 0. The summed E-state index contributed by atoms with van der Waals surface area (Å²) in [4.78, 5) is 24.8. The van der Waals surface area contributed by atoms with Crippen LogP contribution in [-0.2, 0) is 23.6 Å². The molecule has 0 aliphatic rings. The molecule has 0 radical (unpaired) electrons. The normalized spacial score (nSPS) is 12.5. The van der Waals surface area contributed by atoms with Crippen LogP contribution in [0.1, 0.15) is 27.0 Å². The number of aliphatic carboxylic acids is 1. The highest BCUT2D eigenvalue weighted by Crippen LogP contribution is 2.34. The average Bonchev–Trinajstić information content (AvgIpc) is 2.92. The van der Waals surface area contributed by atoms with E-state index >= 15 is 0 Å². The Bertz CT molecular complexity index is 1560. The maximum Gasteiger partial charge on any atom is 0.416 e. The maximum absolute atomic E-state index is 13.1. The summed E-state index contributed by atoms with van der Waals surface area (Å²) in [6.07, 6.45) is -9.21. The summed E-state index contributed by atoms with van der Waals surface area (Å²) in [7, 11) is 0. The number of phenolic OH excluding ortho intramolecular Hbond substituents is 1. The van der Waals surface area contributed by atoms with Crippen molar-refractivity contribution in [1.82, 2.24) is 5.32 Å². The van der Waals surface area contributed by atoms with Crippen molar-refractivity contribution in [2.75, 3.05) is 0 Å². The first-order chi connectivity index (χ1) is 19.2. The summed E-state index contributed by atoms with van der Waals surface area (Å²) < 4.78 is 77.8. The quantitative estimate of drug-likeness (QED) is 0.204. The highest BCUT2D eigenvalue weighted by molar-refractivity contribution is 6.00. The summed E-state index contributed by atoms with van der Waals surface area (Å²) in [6, 6.07) is 17.5. The van der Waals surface area contributed by atoms with Crippen molar-refractivity contribution in [3.8, 4) is 28.0 Å². The molecule has 0 spiro atoms. The molecule has 0 bridgehead atoms. The van der Waals surface area contributed by atoms with Crippen LogP contribution in [0.25, 0.3) is 22.3 Å². The third kappa shape index (κ3) is 7.05. The van der Waals surface area contributed by atoms with E-state index in [1.54, 1.807) is 24.3 Å². The lowest BCUT2D eigenvalue weighted by Crippen LogP contribution is -2.42. The summed E-state index contributed by atoms with van der Waals surface area (Å²) in [5, 5.41) is 22.2. The van der Waals surface area contributed by atoms with Gasteiger partial charge in [0.2, 0.25) is 0 Å². The van der Waals surface area contributed by atoms with Crippen LogP contribution in [-0.4, -0.2) is 28.1 Å². The number of benzene rings is 4. The van der Waals surface area contributed by atoms with Crippen LogP contribution in [0, 0.1) is 0 Å². The van der Waals surface area contributed by atoms with Crippen molar-refractivity contribution in [3.05, 3.63) is 113 Å². The Labute approximate surface area is 229 Å². The largest absolute Gasteiger partial charge is 0.507 e. The predicted octanol–water partition coefficient (Wildman–Crippen LogP) is 7.19. The number of carboxylic acids is 1. The smallest absolute Gasteiger partial charge is 0.416 e. The molecule has 4 aromatic rings. The van der Waals surface area contributed by atoms with E-state index in [0.717, 1.165) is 36.4 Å². The van der Waals surface area contributed by atoms with E-state index in [0.29, 0.717) is 16.7 Å². The first kappa shape index (κ1) is 29.2. The van der Waals surface area contributed by atoms with Crippen LogP contribution in [0.2, 0.25) is 0 Å². The van der Waals surface area contributed by atoms with Crippen LogP contribution >= 0.6 is 0 Å². The Hall–Kier alpha value is -4.80. The third-order valence-electron chi connectivity index (χ3n) is 6.31. The number of hydrogen-bond acceptors (Lipinski definition) is 3. The van der Waals surface area contributed by atoms with E-state index < -0.39 is 47.1 Å². The second-order valence-corrected chi connectivity index (χ2v) is 9.15. The van der Waals surface area contributed by atoms with Crippen molar-refractivity contribution < 1.29 is 46.1 Å². The molecule has 0 fully saturated rings. The average molecular weight is 573 g/mol. The molecule has 4 aromatic carbocycles. The zero-order valence-corrected chi connectivity index (χ0v) is 20.9. The first-order valence-corrected chi connectivity index (χ1v) is 12.0. The molecule has 212 valence electrons. The third-order valence-corrected chi connectivity index (χ3v) is 6.31. The van der Waals surface area contributed by atoms with Crippen molar-refractivity contribution in [1.29, 1.82) is 0 Å². The fourth-order valence-electron chi connectivity index (χ4n) is 4.13. The van der Waals surface area contributed by atoms with Gasteiger partial charge in [0.15, 0.2) is 0 Å². The van der Waals surface area contributed by atoms with Gasteiger partial charge in [-0.3, -0.25) is 4.79 Å². The van der Waals surface area contributed by atoms with Gasteiger partial charge in [0.1, 0.15) is 11.8 Å². The van der Waals surface area contributed by atoms with Gasteiger partial charge >= 0.3 is 18.3 Å². The minimum atomic E-state index is -4.59. The number of alkyl halides is 6. The molecule has 0 saturated heterocycles. The summed E-state index contributed by atoms with van der Waals surface area (Å²) in [6.45, 7) is 0. The van der Waals surface area contributed by atoms with Crippen LogP contribution in [0.3, 0.4) is 0 Å². The number of carboxylic acid groups (broad SMARTS) is 1. The molecule has 0 aliphatic heterocycles. The number of phenols is 1. The Morgan fingerprint density at radius 2 is 1.22 bits per heavy atom. The Balaban J connectivity index is 1.50. The van der Waals surface area contributed by atoms with Gasteiger partial charge in [-0.1, -0.05) is 54.6 Å². The SMILES string of the molecule is O=C(NC(Cc1ccc(-c2ccc(C(F)(F)F)cc2)cc1)C(=O)O)c1cc(-c2cccc(C(F)(F)F)c2)ccc1O. The predicted molar refractivity (Wildman–Crippen MR) is 138 cm³/mol. The van der Waals surface area contributed by atoms with Crippen LogP contribution < -0.4 is 5.32 Å². The number of carbonyl (C=O) groups is 2. The topological polar surface area (TPSA) is 86.6 Å². The van der Waals surface area contributed by atoms with Crippen LogP contribution in [0.4, 0.5) is 26.3 Å².